The summed E-state index contributed by atoms with van der Waals surface area (Å²) in [7, 11) is -3.41. The molecule has 1 aliphatic heterocycles. The molecule has 0 aromatic rings. The van der Waals surface area contributed by atoms with Gasteiger partial charge in [-0.15, -0.1) is 0 Å². The fraction of sp³-hybridized carbons (Fsp3) is 1.00. The number of nitrogens with zero attached hydrogens (tertiary/aromatic N) is 1. The van der Waals surface area contributed by atoms with Crippen LogP contribution < -0.4 is 10.5 Å². The number of nitrogens with one attached hydrogen (secondary N) is 1. The summed E-state index contributed by atoms with van der Waals surface area (Å²) in [5.41, 5.74) is 5.85. The van der Waals surface area contributed by atoms with E-state index < -0.39 is 10.2 Å². The summed E-state index contributed by atoms with van der Waals surface area (Å²) in [5.74, 6) is 1.26. The molecule has 0 aromatic carbocycles. The van der Waals surface area contributed by atoms with Crippen molar-refractivity contribution < 1.29 is 8.42 Å². The lowest BCUT2D eigenvalue weighted by atomic mass is 9.84. The third-order valence-electron chi connectivity index (χ3n) is 4.95. The van der Waals surface area contributed by atoms with E-state index in [1.807, 2.05) is 0 Å². The summed E-state index contributed by atoms with van der Waals surface area (Å²) in [4.78, 5) is 0. The average molecular weight is 317 g/mol. The Morgan fingerprint density at radius 3 is 2.24 bits per heavy atom. The van der Waals surface area contributed by atoms with E-state index in [1.165, 1.54) is 19.3 Å². The van der Waals surface area contributed by atoms with E-state index in [4.69, 9.17) is 5.73 Å². The number of nitrogens with two attached hydrogens (primary N) is 1. The van der Waals surface area contributed by atoms with Gasteiger partial charge >= 0.3 is 0 Å². The number of hydrogen-bond acceptors (Lipinski definition) is 3. The van der Waals surface area contributed by atoms with Gasteiger partial charge in [-0.3, -0.25) is 0 Å². The minimum Gasteiger partial charge on any atom is -0.329 e. The highest BCUT2D eigenvalue weighted by Gasteiger charge is 2.33. The second-order valence-corrected chi connectivity index (χ2v) is 8.83. The summed E-state index contributed by atoms with van der Waals surface area (Å²) in [6, 6.07) is -0.108. The van der Waals surface area contributed by atoms with Gasteiger partial charge in [-0.25, -0.2) is 0 Å². The van der Waals surface area contributed by atoms with Crippen molar-refractivity contribution in [1.29, 1.82) is 0 Å². The monoisotopic (exact) mass is 317 g/mol. The lowest BCUT2D eigenvalue weighted by Crippen LogP contribution is -2.54. The number of hydrogen-bond donors (Lipinski definition) is 2. The van der Waals surface area contributed by atoms with Gasteiger partial charge in [-0.05, 0) is 37.0 Å². The zero-order valence-corrected chi connectivity index (χ0v) is 14.2. The topological polar surface area (TPSA) is 75.4 Å². The Morgan fingerprint density at radius 2 is 1.71 bits per heavy atom. The van der Waals surface area contributed by atoms with Crippen LogP contribution in [0.1, 0.15) is 52.4 Å². The van der Waals surface area contributed by atoms with E-state index in [0.717, 1.165) is 19.3 Å². The first-order chi connectivity index (χ1) is 9.92. The van der Waals surface area contributed by atoms with Crippen molar-refractivity contribution in [3.63, 3.8) is 0 Å². The van der Waals surface area contributed by atoms with E-state index in [0.29, 0.717) is 37.4 Å². The Kier molecular flexibility index (Phi) is 6.05. The highest BCUT2D eigenvalue weighted by molar-refractivity contribution is 7.87. The van der Waals surface area contributed by atoms with Crippen LogP contribution in [-0.4, -0.2) is 38.4 Å². The van der Waals surface area contributed by atoms with Gasteiger partial charge in [0, 0.05) is 25.7 Å². The molecule has 0 amide bonds. The molecule has 5 nitrogen and oxygen atoms in total. The Balaban J connectivity index is 2.00. The third-order valence-corrected chi connectivity index (χ3v) is 6.53. The van der Waals surface area contributed by atoms with Gasteiger partial charge in [0.05, 0.1) is 0 Å². The second-order valence-electron chi connectivity index (χ2n) is 7.13. The van der Waals surface area contributed by atoms with Gasteiger partial charge < -0.3 is 5.73 Å². The molecule has 0 radical (unpaired) electrons. The molecule has 21 heavy (non-hydrogen) atoms. The fourth-order valence-corrected chi connectivity index (χ4v) is 5.66. The zero-order chi connectivity index (χ0) is 15.5. The quantitative estimate of drug-likeness (QED) is 0.810. The van der Waals surface area contributed by atoms with Crippen LogP contribution in [0.4, 0.5) is 0 Å². The maximum absolute atomic E-state index is 12.6. The normalized spacial score (nSPS) is 31.2. The van der Waals surface area contributed by atoms with Crippen molar-refractivity contribution in [2.75, 3.05) is 19.6 Å². The highest BCUT2D eigenvalue weighted by Crippen LogP contribution is 2.27. The molecule has 6 heteroatoms. The van der Waals surface area contributed by atoms with Crippen molar-refractivity contribution >= 4 is 10.2 Å². The molecular formula is C15H31N3O2S. The van der Waals surface area contributed by atoms with Crippen LogP contribution in [0.5, 0.6) is 0 Å². The van der Waals surface area contributed by atoms with Crippen molar-refractivity contribution in [3.8, 4) is 0 Å². The SMILES string of the molecule is CC1CC(C)CN(S(=O)(=O)NC(CN)C2CCCCC2)C1. The molecule has 3 N–H and O–H groups in total. The Bertz CT molecular complexity index is 411. The molecule has 2 fully saturated rings. The first-order valence-corrected chi connectivity index (χ1v) is 9.84. The molecule has 1 saturated heterocycles. The molecular weight excluding hydrogens is 286 g/mol. The predicted octanol–water partition coefficient (Wildman–Crippen LogP) is 1.71. The van der Waals surface area contributed by atoms with Crippen LogP contribution in [0, 0.1) is 17.8 Å². The van der Waals surface area contributed by atoms with Crippen LogP contribution in [-0.2, 0) is 10.2 Å². The van der Waals surface area contributed by atoms with Crippen molar-refractivity contribution in [1.82, 2.24) is 9.03 Å². The minimum atomic E-state index is -3.41. The third kappa shape index (κ3) is 4.65. The van der Waals surface area contributed by atoms with Crippen LogP contribution in [0.2, 0.25) is 0 Å². The van der Waals surface area contributed by atoms with Gasteiger partial charge in [-0.1, -0.05) is 33.1 Å². The Hall–Kier alpha value is -0.170. The molecule has 2 rings (SSSR count). The van der Waals surface area contributed by atoms with Gasteiger partial charge in [0.2, 0.25) is 0 Å². The molecule has 3 atom stereocenters. The Labute approximate surface area is 129 Å². The summed E-state index contributed by atoms with van der Waals surface area (Å²) in [5, 5.41) is 0. The maximum Gasteiger partial charge on any atom is 0.279 e. The lowest BCUT2D eigenvalue weighted by Gasteiger charge is -2.36. The van der Waals surface area contributed by atoms with Crippen LogP contribution in [0.3, 0.4) is 0 Å². The minimum absolute atomic E-state index is 0.108. The fourth-order valence-electron chi connectivity index (χ4n) is 3.94. The summed E-state index contributed by atoms with van der Waals surface area (Å²) >= 11 is 0. The first kappa shape index (κ1) is 17.2. The van der Waals surface area contributed by atoms with Crippen LogP contribution >= 0.6 is 0 Å². The van der Waals surface area contributed by atoms with Gasteiger partial charge in [0.15, 0.2) is 0 Å². The first-order valence-electron chi connectivity index (χ1n) is 8.40. The molecule has 124 valence electrons. The molecule has 2 aliphatic rings. The molecule has 1 aliphatic carbocycles. The Morgan fingerprint density at radius 1 is 1.14 bits per heavy atom. The zero-order valence-electron chi connectivity index (χ0n) is 13.4. The molecule has 0 spiro atoms. The van der Waals surface area contributed by atoms with E-state index in [1.54, 1.807) is 4.31 Å². The molecule has 3 unspecified atom stereocenters. The van der Waals surface area contributed by atoms with Crippen LogP contribution in [0.25, 0.3) is 0 Å². The van der Waals surface area contributed by atoms with Crippen molar-refractivity contribution in [2.24, 2.45) is 23.5 Å². The summed E-state index contributed by atoms with van der Waals surface area (Å²) in [6.45, 7) is 5.89. The average Bonchev–Trinajstić information content (AvgIpc) is 2.45. The lowest BCUT2D eigenvalue weighted by molar-refractivity contribution is 0.216. The van der Waals surface area contributed by atoms with Gasteiger partial charge in [-0.2, -0.15) is 17.4 Å². The number of rotatable bonds is 5. The number of piperidine rings is 1. The second kappa shape index (κ2) is 7.40. The van der Waals surface area contributed by atoms with Gasteiger partial charge in [0.25, 0.3) is 10.2 Å². The van der Waals surface area contributed by atoms with E-state index in [2.05, 4.69) is 18.6 Å². The smallest absolute Gasteiger partial charge is 0.279 e. The summed E-state index contributed by atoms with van der Waals surface area (Å²) in [6.07, 6.45) is 6.95. The maximum atomic E-state index is 12.6. The standard InChI is InChI=1S/C15H31N3O2S/c1-12-8-13(2)11-18(10-12)21(19,20)17-15(9-16)14-6-4-3-5-7-14/h12-15,17H,3-11,16H2,1-2H3. The predicted molar refractivity (Wildman–Crippen MR) is 86.0 cm³/mol. The van der Waals surface area contributed by atoms with E-state index in [9.17, 15) is 8.42 Å². The molecule has 0 aromatic heterocycles. The highest BCUT2D eigenvalue weighted by atomic mass is 32.2. The molecule has 1 heterocycles. The molecule has 1 saturated carbocycles. The van der Waals surface area contributed by atoms with Crippen LogP contribution in [0.15, 0.2) is 0 Å². The van der Waals surface area contributed by atoms with E-state index >= 15 is 0 Å². The molecule has 0 bridgehead atoms. The largest absolute Gasteiger partial charge is 0.329 e. The van der Waals surface area contributed by atoms with E-state index in [-0.39, 0.29) is 6.04 Å². The van der Waals surface area contributed by atoms with Crippen molar-refractivity contribution in [2.45, 2.75) is 58.4 Å². The summed E-state index contributed by atoms with van der Waals surface area (Å²) < 4.78 is 29.8. The van der Waals surface area contributed by atoms with Crippen molar-refractivity contribution in [3.05, 3.63) is 0 Å². The van der Waals surface area contributed by atoms with Gasteiger partial charge in [0.1, 0.15) is 0 Å².